The number of thiophene rings is 1. The fraction of sp³-hybridized carbons (Fsp3) is 0.353. The van der Waals surface area contributed by atoms with Crippen molar-refractivity contribution in [3.8, 4) is 0 Å². The minimum absolute atomic E-state index is 0.00200. The first-order valence-corrected chi connectivity index (χ1v) is 11.0. The summed E-state index contributed by atoms with van der Waals surface area (Å²) < 4.78 is 27.8. The Morgan fingerprint density at radius 2 is 1.80 bits per heavy atom. The van der Waals surface area contributed by atoms with Crippen LogP contribution in [0.3, 0.4) is 0 Å². The standard InChI is InChI=1S/C17H19BrN2O3S2/c1-12-2-4-14(5-3-12)25(22,23)20-10-8-13(9-11-20)19-17(21)15-6-7-16(18)24-15/h2-7,13H,8-11H2,1H3,(H,19,21). The Morgan fingerprint density at radius 3 is 2.36 bits per heavy atom. The van der Waals surface area contributed by atoms with Crippen molar-refractivity contribution < 1.29 is 13.2 Å². The summed E-state index contributed by atoms with van der Waals surface area (Å²) in [5, 5.41) is 3.00. The molecule has 1 saturated heterocycles. The van der Waals surface area contributed by atoms with Gasteiger partial charge in [-0.25, -0.2) is 8.42 Å². The third kappa shape index (κ3) is 4.31. The Balaban J connectivity index is 1.59. The van der Waals surface area contributed by atoms with Gasteiger partial charge in [0, 0.05) is 19.1 Å². The first kappa shape index (κ1) is 18.6. The second-order valence-electron chi connectivity index (χ2n) is 6.07. The molecule has 0 aliphatic carbocycles. The summed E-state index contributed by atoms with van der Waals surface area (Å²) in [5.41, 5.74) is 1.03. The number of hydrogen-bond acceptors (Lipinski definition) is 4. The van der Waals surface area contributed by atoms with E-state index in [9.17, 15) is 13.2 Å². The summed E-state index contributed by atoms with van der Waals surface area (Å²) in [4.78, 5) is 13.2. The van der Waals surface area contributed by atoms with Gasteiger partial charge in [-0.2, -0.15) is 4.31 Å². The van der Waals surface area contributed by atoms with E-state index in [4.69, 9.17) is 0 Å². The van der Waals surface area contributed by atoms with Gasteiger partial charge < -0.3 is 5.32 Å². The lowest BCUT2D eigenvalue weighted by Gasteiger charge is -2.31. The van der Waals surface area contributed by atoms with E-state index < -0.39 is 10.0 Å². The molecule has 134 valence electrons. The molecule has 1 aliphatic rings. The van der Waals surface area contributed by atoms with Crippen molar-refractivity contribution in [2.24, 2.45) is 0 Å². The lowest BCUT2D eigenvalue weighted by Crippen LogP contribution is -2.46. The Hall–Kier alpha value is -1.22. The molecule has 25 heavy (non-hydrogen) atoms. The maximum Gasteiger partial charge on any atom is 0.261 e. The summed E-state index contributed by atoms with van der Waals surface area (Å²) in [6.07, 6.45) is 1.23. The van der Waals surface area contributed by atoms with Crippen LogP contribution >= 0.6 is 27.3 Å². The van der Waals surface area contributed by atoms with Gasteiger partial charge in [-0.3, -0.25) is 4.79 Å². The predicted octanol–water partition coefficient (Wildman–Crippen LogP) is 3.40. The number of carbonyl (C=O) groups excluding carboxylic acids is 1. The first-order valence-electron chi connectivity index (χ1n) is 7.99. The van der Waals surface area contributed by atoms with Crippen molar-refractivity contribution in [2.75, 3.05) is 13.1 Å². The minimum atomic E-state index is -3.46. The smallest absolute Gasteiger partial charge is 0.261 e. The third-order valence-electron chi connectivity index (χ3n) is 4.24. The highest BCUT2D eigenvalue weighted by molar-refractivity contribution is 9.11. The average Bonchev–Trinajstić information content (AvgIpc) is 3.02. The van der Waals surface area contributed by atoms with Crippen LogP contribution in [0.4, 0.5) is 0 Å². The van der Waals surface area contributed by atoms with Gasteiger partial charge in [0.05, 0.1) is 13.6 Å². The number of sulfonamides is 1. The molecule has 0 atom stereocenters. The molecular weight excluding hydrogens is 424 g/mol. The number of halogens is 1. The molecule has 1 amide bonds. The monoisotopic (exact) mass is 442 g/mol. The van der Waals surface area contributed by atoms with E-state index >= 15 is 0 Å². The van der Waals surface area contributed by atoms with Gasteiger partial charge >= 0.3 is 0 Å². The Morgan fingerprint density at radius 1 is 1.16 bits per heavy atom. The van der Waals surface area contributed by atoms with Crippen molar-refractivity contribution in [2.45, 2.75) is 30.7 Å². The molecule has 1 aliphatic heterocycles. The number of nitrogens with zero attached hydrogens (tertiary/aromatic N) is 1. The molecule has 0 radical (unpaired) electrons. The molecule has 0 saturated carbocycles. The topological polar surface area (TPSA) is 66.5 Å². The maximum absolute atomic E-state index is 12.7. The highest BCUT2D eigenvalue weighted by Gasteiger charge is 2.30. The lowest BCUT2D eigenvalue weighted by atomic mass is 10.1. The number of rotatable bonds is 4. The van der Waals surface area contributed by atoms with Crippen molar-refractivity contribution in [1.82, 2.24) is 9.62 Å². The zero-order valence-corrected chi connectivity index (χ0v) is 17.0. The van der Waals surface area contributed by atoms with E-state index in [1.54, 1.807) is 30.3 Å². The van der Waals surface area contributed by atoms with Crippen LogP contribution in [-0.4, -0.2) is 37.8 Å². The first-order chi connectivity index (χ1) is 11.9. The fourth-order valence-electron chi connectivity index (χ4n) is 2.79. The van der Waals surface area contributed by atoms with E-state index in [0.29, 0.717) is 35.7 Å². The van der Waals surface area contributed by atoms with Crippen LogP contribution in [0.5, 0.6) is 0 Å². The zero-order chi connectivity index (χ0) is 18.0. The number of benzene rings is 1. The second kappa shape index (κ2) is 7.57. The quantitative estimate of drug-likeness (QED) is 0.788. The van der Waals surface area contributed by atoms with E-state index in [-0.39, 0.29) is 11.9 Å². The van der Waals surface area contributed by atoms with Gasteiger partial charge in [0.1, 0.15) is 0 Å². The number of carbonyl (C=O) groups is 1. The van der Waals surface area contributed by atoms with E-state index in [2.05, 4.69) is 21.2 Å². The summed E-state index contributed by atoms with van der Waals surface area (Å²) in [5.74, 6) is -0.101. The number of amides is 1. The third-order valence-corrected chi connectivity index (χ3v) is 7.78. The maximum atomic E-state index is 12.7. The molecule has 0 spiro atoms. The van der Waals surface area contributed by atoms with Gasteiger partial charge in [-0.15, -0.1) is 11.3 Å². The van der Waals surface area contributed by atoms with Gasteiger partial charge in [0.2, 0.25) is 10.0 Å². The Bertz CT molecular complexity index is 854. The van der Waals surface area contributed by atoms with Crippen molar-refractivity contribution >= 4 is 43.2 Å². The van der Waals surface area contributed by atoms with Crippen LogP contribution in [0.25, 0.3) is 0 Å². The van der Waals surface area contributed by atoms with E-state index in [1.807, 2.05) is 13.0 Å². The number of hydrogen-bond donors (Lipinski definition) is 1. The number of aryl methyl sites for hydroxylation is 1. The normalized spacial score (nSPS) is 16.7. The molecule has 1 aromatic heterocycles. The van der Waals surface area contributed by atoms with Crippen LogP contribution < -0.4 is 5.32 Å². The van der Waals surface area contributed by atoms with Crippen LogP contribution in [0, 0.1) is 6.92 Å². The molecular formula is C17H19BrN2O3S2. The van der Waals surface area contributed by atoms with Gasteiger partial charge in [-0.1, -0.05) is 17.7 Å². The lowest BCUT2D eigenvalue weighted by molar-refractivity contribution is 0.0928. The van der Waals surface area contributed by atoms with Gasteiger partial charge in [-0.05, 0) is 60.0 Å². The van der Waals surface area contributed by atoms with Crippen LogP contribution in [0.2, 0.25) is 0 Å². The average molecular weight is 443 g/mol. The number of nitrogens with one attached hydrogen (secondary N) is 1. The summed E-state index contributed by atoms with van der Waals surface area (Å²) >= 11 is 4.73. The summed E-state index contributed by atoms with van der Waals surface area (Å²) in [6, 6.07) is 10.5. The summed E-state index contributed by atoms with van der Waals surface area (Å²) in [7, 11) is -3.46. The molecule has 2 heterocycles. The largest absolute Gasteiger partial charge is 0.349 e. The predicted molar refractivity (Wildman–Crippen MR) is 102 cm³/mol. The molecule has 8 heteroatoms. The molecule has 2 aromatic rings. The van der Waals surface area contributed by atoms with Crippen molar-refractivity contribution in [1.29, 1.82) is 0 Å². The van der Waals surface area contributed by atoms with Crippen molar-refractivity contribution in [3.63, 3.8) is 0 Å². The second-order valence-corrected chi connectivity index (χ2v) is 10.5. The zero-order valence-electron chi connectivity index (χ0n) is 13.7. The Kier molecular flexibility index (Phi) is 5.62. The molecule has 0 bridgehead atoms. The van der Waals surface area contributed by atoms with Gasteiger partial charge in [0.25, 0.3) is 5.91 Å². The summed E-state index contributed by atoms with van der Waals surface area (Å²) in [6.45, 7) is 2.75. The highest BCUT2D eigenvalue weighted by Crippen LogP contribution is 2.24. The van der Waals surface area contributed by atoms with Crippen molar-refractivity contribution in [3.05, 3.63) is 50.6 Å². The SMILES string of the molecule is Cc1ccc(S(=O)(=O)N2CCC(NC(=O)c3ccc(Br)s3)CC2)cc1. The van der Waals surface area contributed by atoms with Gasteiger partial charge in [0.15, 0.2) is 0 Å². The van der Waals surface area contributed by atoms with Crippen LogP contribution in [0.15, 0.2) is 45.1 Å². The van der Waals surface area contributed by atoms with E-state index in [0.717, 1.165) is 9.35 Å². The van der Waals surface area contributed by atoms with Crippen LogP contribution in [0.1, 0.15) is 28.1 Å². The molecule has 0 unspecified atom stereocenters. The fourth-order valence-corrected chi connectivity index (χ4v) is 5.55. The van der Waals surface area contributed by atoms with Crippen LogP contribution in [-0.2, 0) is 10.0 Å². The Labute approximate surface area is 160 Å². The molecule has 5 nitrogen and oxygen atoms in total. The van der Waals surface area contributed by atoms with E-state index in [1.165, 1.54) is 15.6 Å². The molecule has 3 rings (SSSR count). The highest BCUT2D eigenvalue weighted by atomic mass is 79.9. The minimum Gasteiger partial charge on any atom is -0.349 e. The molecule has 1 aromatic carbocycles. The molecule has 1 fully saturated rings. The molecule has 1 N–H and O–H groups in total. The number of piperidine rings is 1.